The second-order valence-electron chi connectivity index (χ2n) is 4.98. The Morgan fingerprint density at radius 1 is 1.38 bits per heavy atom. The molecular weight excluding hydrogens is 298 g/mol. The Labute approximate surface area is 123 Å². The zero-order valence-electron chi connectivity index (χ0n) is 12.3. The minimum Gasteiger partial charge on any atom is -0.388 e. The van der Waals surface area contributed by atoms with Crippen LogP contribution in [0.3, 0.4) is 0 Å². The standard InChI is InChI=1S/C12H19N3O5S/c1-12(2,20-4)8-14-21(18,19)11-7-9(13-3)5-6-10(11)15(16)17/h5-7,13-14H,8H2,1-4H3. The van der Waals surface area contributed by atoms with Crippen molar-refractivity contribution in [3.8, 4) is 0 Å². The summed E-state index contributed by atoms with van der Waals surface area (Å²) in [6, 6.07) is 3.82. The van der Waals surface area contributed by atoms with Crippen molar-refractivity contribution in [2.24, 2.45) is 0 Å². The number of hydrogen-bond acceptors (Lipinski definition) is 6. The molecular formula is C12H19N3O5S. The van der Waals surface area contributed by atoms with Crippen molar-refractivity contribution in [2.45, 2.75) is 24.3 Å². The van der Waals surface area contributed by atoms with E-state index in [1.54, 1.807) is 20.9 Å². The molecule has 1 aromatic rings. The Hall–Kier alpha value is -1.71. The van der Waals surface area contributed by atoms with Crippen LogP contribution in [0, 0.1) is 10.1 Å². The van der Waals surface area contributed by atoms with Crippen molar-refractivity contribution in [3.63, 3.8) is 0 Å². The number of benzene rings is 1. The van der Waals surface area contributed by atoms with Gasteiger partial charge in [0.1, 0.15) is 0 Å². The molecule has 0 saturated heterocycles. The molecule has 0 heterocycles. The first-order valence-corrected chi connectivity index (χ1v) is 7.62. The van der Waals surface area contributed by atoms with Gasteiger partial charge >= 0.3 is 0 Å². The molecule has 0 spiro atoms. The first kappa shape index (κ1) is 17.3. The number of nitro groups is 1. The minimum absolute atomic E-state index is 0.00717. The lowest BCUT2D eigenvalue weighted by Gasteiger charge is -2.23. The molecule has 0 aliphatic rings. The normalized spacial score (nSPS) is 12.2. The summed E-state index contributed by atoms with van der Waals surface area (Å²) in [6.45, 7) is 3.40. The van der Waals surface area contributed by atoms with E-state index in [9.17, 15) is 18.5 Å². The van der Waals surface area contributed by atoms with E-state index in [4.69, 9.17) is 4.74 Å². The number of sulfonamides is 1. The van der Waals surface area contributed by atoms with Crippen molar-refractivity contribution in [1.82, 2.24) is 4.72 Å². The topological polar surface area (TPSA) is 111 Å². The third-order valence-corrected chi connectivity index (χ3v) is 4.41. The van der Waals surface area contributed by atoms with Crippen LogP contribution in [0.5, 0.6) is 0 Å². The molecule has 0 fully saturated rings. The first-order valence-electron chi connectivity index (χ1n) is 6.14. The van der Waals surface area contributed by atoms with Crippen LogP contribution < -0.4 is 10.0 Å². The lowest BCUT2D eigenvalue weighted by molar-refractivity contribution is -0.387. The van der Waals surface area contributed by atoms with Gasteiger partial charge in [-0.15, -0.1) is 0 Å². The van der Waals surface area contributed by atoms with E-state index in [-0.39, 0.29) is 11.4 Å². The van der Waals surface area contributed by atoms with Gasteiger partial charge in [0.15, 0.2) is 4.90 Å². The van der Waals surface area contributed by atoms with E-state index < -0.39 is 26.2 Å². The van der Waals surface area contributed by atoms with Gasteiger partial charge in [0.25, 0.3) is 5.69 Å². The molecule has 8 nitrogen and oxygen atoms in total. The molecule has 21 heavy (non-hydrogen) atoms. The molecule has 0 bridgehead atoms. The summed E-state index contributed by atoms with van der Waals surface area (Å²) in [5.41, 5.74) is -0.730. The Bertz CT molecular complexity index is 628. The van der Waals surface area contributed by atoms with Gasteiger partial charge < -0.3 is 10.1 Å². The highest BCUT2D eigenvalue weighted by Gasteiger charge is 2.28. The molecule has 1 rings (SSSR count). The summed E-state index contributed by atoms with van der Waals surface area (Å²) >= 11 is 0. The van der Waals surface area contributed by atoms with E-state index in [0.29, 0.717) is 5.69 Å². The van der Waals surface area contributed by atoms with Gasteiger partial charge in [-0.1, -0.05) is 0 Å². The Morgan fingerprint density at radius 2 is 2.00 bits per heavy atom. The molecule has 1 aromatic carbocycles. The lowest BCUT2D eigenvalue weighted by Crippen LogP contribution is -2.39. The molecule has 9 heteroatoms. The molecule has 0 atom stereocenters. The van der Waals surface area contributed by atoms with E-state index in [0.717, 1.165) is 6.07 Å². The summed E-state index contributed by atoms with van der Waals surface area (Å²) in [6.07, 6.45) is 0. The average molecular weight is 317 g/mol. The first-order chi connectivity index (χ1) is 9.63. The van der Waals surface area contributed by atoms with Crippen molar-refractivity contribution in [1.29, 1.82) is 0 Å². The van der Waals surface area contributed by atoms with Crippen LogP contribution in [0.25, 0.3) is 0 Å². The summed E-state index contributed by atoms with van der Waals surface area (Å²) in [7, 11) is -0.971. The zero-order chi connectivity index (χ0) is 16.3. The van der Waals surface area contributed by atoms with Gasteiger partial charge in [-0.2, -0.15) is 0 Å². The Balaban J connectivity index is 3.20. The monoisotopic (exact) mass is 317 g/mol. The van der Waals surface area contributed by atoms with Gasteiger partial charge in [0.05, 0.1) is 10.5 Å². The second kappa shape index (κ2) is 6.37. The number of ether oxygens (including phenoxy) is 1. The van der Waals surface area contributed by atoms with Gasteiger partial charge in [-0.3, -0.25) is 10.1 Å². The third-order valence-electron chi connectivity index (χ3n) is 2.98. The number of anilines is 1. The summed E-state index contributed by atoms with van der Waals surface area (Å²) < 4.78 is 32.0. The predicted octanol–water partition coefficient (Wildman–Crippen LogP) is 1.34. The fourth-order valence-corrected chi connectivity index (χ4v) is 2.85. The number of nitrogens with one attached hydrogen (secondary N) is 2. The van der Waals surface area contributed by atoms with Gasteiger partial charge in [0.2, 0.25) is 10.0 Å². The van der Waals surface area contributed by atoms with E-state index >= 15 is 0 Å². The van der Waals surface area contributed by atoms with Gasteiger partial charge in [-0.05, 0) is 26.0 Å². The van der Waals surface area contributed by atoms with Gasteiger partial charge in [0, 0.05) is 32.5 Å². The largest absolute Gasteiger partial charge is 0.388 e. The van der Waals surface area contributed by atoms with E-state index in [1.807, 2.05) is 0 Å². The molecule has 0 unspecified atom stereocenters. The quantitative estimate of drug-likeness (QED) is 0.580. The fraction of sp³-hybridized carbons (Fsp3) is 0.500. The van der Waals surface area contributed by atoms with Crippen LogP contribution in [-0.4, -0.2) is 39.6 Å². The molecule has 0 saturated carbocycles. The van der Waals surface area contributed by atoms with Crippen molar-refractivity contribution in [3.05, 3.63) is 28.3 Å². The number of rotatable bonds is 7. The average Bonchev–Trinajstić information content (AvgIpc) is 2.44. The highest BCUT2D eigenvalue weighted by atomic mass is 32.2. The third kappa shape index (κ3) is 4.38. The Kier molecular flexibility index (Phi) is 5.26. The number of nitro benzene ring substituents is 1. The second-order valence-corrected chi connectivity index (χ2v) is 6.71. The molecule has 2 N–H and O–H groups in total. The lowest BCUT2D eigenvalue weighted by atomic mass is 10.1. The number of methoxy groups -OCH3 is 1. The van der Waals surface area contributed by atoms with E-state index in [1.165, 1.54) is 19.2 Å². The number of hydrogen-bond donors (Lipinski definition) is 2. The van der Waals surface area contributed by atoms with E-state index in [2.05, 4.69) is 10.0 Å². The molecule has 0 aliphatic heterocycles. The zero-order valence-corrected chi connectivity index (χ0v) is 13.2. The SMILES string of the molecule is CNc1ccc([N+](=O)[O-])c(S(=O)(=O)NCC(C)(C)OC)c1. The van der Waals surface area contributed by atoms with Crippen LogP contribution in [-0.2, 0) is 14.8 Å². The van der Waals surface area contributed by atoms with Crippen LogP contribution in [0.2, 0.25) is 0 Å². The predicted molar refractivity (Wildman–Crippen MR) is 78.9 cm³/mol. The molecule has 0 amide bonds. The molecule has 118 valence electrons. The summed E-state index contributed by atoms with van der Waals surface area (Å²) in [4.78, 5) is 9.88. The Morgan fingerprint density at radius 3 is 2.48 bits per heavy atom. The maximum absolute atomic E-state index is 12.3. The van der Waals surface area contributed by atoms with Crippen LogP contribution >= 0.6 is 0 Å². The minimum atomic E-state index is -4.02. The summed E-state index contributed by atoms with van der Waals surface area (Å²) in [5.74, 6) is 0. The van der Waals surface area contributed by atoms with Crippen molar-refractivity contribution in [2.75, 3.05) is 26.0 Å². The van der Waals surface area contributed by atoms with Crippen molar-refractivity contribution >= 4 is 21.4 Å². The molecule has 0 radical (unpaired) electrons. The summed E-state index contributed by atoms with van der Waals surface area (Å²) in [5, 5.41) is 13.7. The molecule has 0 aromatic heterocycles. The number of nitrogens with zero attached hydrogens (tertiary/aromatic N) is 1. The van der Waals surface area contributed by atoms with Crippen molar-refractivity contribution < 1.29 is 18.1 Å². The highest BCUT2D eigenvalue weighted by Crippen LogP contribution is 2.27. The van der Waals surface area contributed by atoms with Crippen LogP contribution in [0.15, 0.2) is 23.1 Å². The van der Waals surface area contributed by atoms with Crippen LogP contribution in [0.4, 0.5) is 11.4 Å². The molecule has 0 aliphatic carbocycles. The fourth-order valence-electron chi connectivity index (χ4n) is 1.45. The smallest absolute Gasteiger partial charge is 0.289 e. The maximum atomic E-state index is 12.3. The maximum Gasteiger partial charge on any atom is 0.289 e. The van der Waals surface area contributed by atoms with Gasteiger partial charge in [-0.25, -0.2) is 13.1 Å². The highest BCUT2D eigenvalue weighted by molar-refractivity contribution is 7.89. The van der Waals surface area contributed by atoms with Crippen LogP contribution in [0.1, 0.15) is 13.8 Å².